The average molecular weight is 280 g/mol. The molecule has 0 saturated heterocycles. The van der Waals surface area contributed by atoms with Crippen molar-refractivity contribution in [1.29, 1.82) is 0 Å². The highest BCUT2D eigenvalue weighted by Gasteiger charge is 2.42. The van der Waals surface area contributed by atoms with Crippen molar-refractivity contribution in [1.82, 2.24) is 5.32 Å². The molecule has 1 aliphatic carbocycles. The van der Waals surface area contributed by atoms with E-state index < -0.39 is 23.4 Å². The number of anilines is 1. The molecule has 0 bridgehead atoms. The van der Waals surface area contributed by atoms with Crippen LogP contribution in [0.3, 0.4) is 0 Å². The highest BCUT2D eigenvalue weighted by Crippen LogP contribution is 2.30. The van der Waals surface area contributed by atoms with Crippen molar-refractivity contribution >= 4 is 17.7 Å². The SMILES string of the molecule is Cc1ccc(NC(=O)NC2(C(=O)O)CCCC2)cc1F. The summed E-state index contributed by atoms with van der Waals surface area (Å²) in [6.07, 6.45) is 2.37. The van der Waals surface area contributed by atoms with Crippen molar-refractivity contribution in [2.75, 3.05) is 5.32 Å². The molecule has 20 heavy (non-hydrogen) atoms. The van der Waals surface area contributed by atoms with Gasteiger partial charge in [0.2, 0.25) is 0 Å². The summed E-state index contributed by atoms with van der Waals surface area (Å²) in [7, 11) is 0. The lowest BCUT2D eigenvalue weighted by Gasteiger charge is -2.25. The van der Waals surface area contributed by atoms with E-state index in [1.807, 2.05) is 0 Å². The topological polar surface area (TPSA) is 78.4 Å². The van der Waals surface area contributed by atoms with E-state index in [-0.39, 0.29) is 0 Å². The van der Waals surface area contributed by atoms with Gasteiger partial charge in [0.05, 0.1) is 0 Å². The lowest BCUT2D eigenvalue weighted by Crippen LogP contribution is -2.53. The number of benzene rings is 1. The predicted molar refractivity (Wildman–Crippen MR) is 72.1 cm³/mol. The van der Waals surface area contributed by atoms with Crippen molar-refractivity contribution in [2.24, 2.45) is 0 Å². The Labute approximate surface area is 116 Å². The van der Waals surface area contributed by atoms with E-state index in [1.165, 1.54) is 6.07 Å². The fourth-order valence-corrected chi connectivity index (χ4v) is 2.42. The van der Waals surface area contributed by atoms with Gasteiger partial charge in [0, 0.05) is 5.69 Å². The molecule has 1 aromatic carbocycles. The van der Waals surface area contributed by atoms with E-state index in [4.69, 9.17) is 0 Å². The Morgan fingerprint density at radius 2 is 1.95 bits per heavy atom. The summed E-state index contributed by atoms with van der Waals surface area (Å²) in [5.41, 5.74) is -0.425. The van der Waals surface area contributed by atoms with Gasteiger partial charge in [-0.15, -0.1) is 0 Å². The van der Waals surface area contributed by atoms with Gasteiger partial charge in [-0.1, -0.05) is 18.9 Å². The van der Waals surface area contributed by atoms with Crippen molar-refractivity contribution in [3.8, 4) is 0 Å². The average Bonchev–Trinajstić information content (AvgIpc) is 2.83. The quantitative estimate of drug-likeness (QED) is 0.796. The largest absolute Gasteiger partial charge is 0.480 e. The van der Waals surface area contributed by atoms with Crippen molar-refractivity contribution in [2.45, 2.75) is 38.1 Å². The summed E-state index contributed by atoms with van der Waals surface area (Å²) in [6.45, 7) is 1.62. The van der Waals surface area contributed by atoms with Crippen LogP contribution in [0.5, 0.6) is 0 Å². The van der Waals surface area contributed by atoms with E-state index in [0.717, 1.165) is 12.8 Å². The number of carbonyl (C=O) groups excluding carboxylic acids is 1. The summed E-state index contributed by atoms with van der Waals surface area (Å²) < 4.78 is 13.4. The van der Waals surface area contributed by atoms with Crippen LogP contribution in [0.4, 0.5) is 14.9 Å². The van der Waals surface area contributed by atoms with Crippen LogP contribution in [-0.4, -0.2) is 22.6 Å². The Kier molecular flexibility index (Phi) is 3.92. The smallest absolute Gasteiger partial charge is 0.329 e. The standard InChI is InChI=1S/C14H17FN2O3/c1-9-4-5-10(8-11(9)15)16-13(20)17-14(12(18)19)6-2-3-7-14/h4-5,8H,2-3,6-7H2,1H3,(H,18,19)(H2,16,17,20). The number of rotatable bonds is 3. The normalized spacial score (nSPS) is 16.7. The molecule has 0 unspecified atom stereocenters. The molecule has 2 rings (SSSR count). The number of carboxylic acids is 1. The Bertz CT molecular complexity index is 539. The van der Waals surface area contributed by atoms with Gasteiger partial charge in [0.1, 0.15) is 11.4 Å². The van der Waals surface area contributed by atoms with Crippen LogP contribution in [0.1, 0.15) is 31.2 Å². The molecule has 1 fully saturated rings. The molecule has 1 saturated carbocycles. The van der Waals surface area contributed by atoms with Crippen LogP contribution in [0.15, 0.2) is 18.2 Å². The maximum atomic E-state index is 13.4. The van der Waals surface area contributed by atoms with Crippen LogP contribution in [-0.2, 0) is 4.79 Å². The van der Waals surface area contributed by atoms with E-state index in [1.54, 1.807) is 19.1 Å². The monoisotopic (exact) mass is 280 g/mol. The zero-order valence-electron chi connectivity index (χ0n) is 11.2. The summed E-state index contributed by atoms with van der Waals surface area (Å²) in [5, 5.41) is 14.2. The second-order valence-electron chi connectivity index (χ2n) is 5.14. The molecule has 0 atom stereocenters. The number of hydrogen-bond acceptors (Lipinski definition) is 2. The lowest BCUT2D eigenvalue weighted by atomic mass is 9.98. The van der Waals surface area contributed by atoms with Crippen LogP contribution in [0.2, 0.25) is 0 Å². The van der Waals surface area contributed by atoms with Gasteiger partial charge in [-0.05, 0) is 37.5 Å². The molecule has 1 aromatic rings. The van der Waals surface area contributed by atoms with Gasteiger partial charge in [-0.3, -0.25) is 0 Å². The predicted octanol–water partition coefficient (Wildman–Crippen LogP) is 2.65. The Morgan fingerprint density at radius 3 is 2.50 bits per heavy atom. The molecule has 0 heterocycles. The first-order chi connectivity index (χ1) is 9.43. The van der Waals surface area contributed by atoms with Gasteiger partial charge in [-0.2, -0.15) is 0 Å². The molecule has 0 aromatic heterocycles. The highest BCUT2D eigenvalue weighted by molar-refractivity contribution is 5.94. The molecule has 6 heteroatoms. The molecule has 1 aliphatic rings. The third-order valence-corrected chi connectivity index (χ3v) is 3.65. The number of aryl methyl sites for hydroxylation is 1. The maximum absolute atomic E-state index is 13.4. The number of amides is 2. The maximum Gasteiger partial charge on any atom is 0.329 e. The first kappa shape index (κ1) is 14.3. The van der Waals surface area contributed by atoms with E-state index in [2.05, 4.69) is 10.6 Å². The van der Waals surface area contributed by atoms with Gasteiger partial charge in [0.15, 0.2) is 0 Å². The molecular weight excluding hydrogens is 263 g/mol. The zero-order valence-corrected chi connectivity index (χ0v) is 11.2. The first-order valence-electron chi connectivity index (χ1n) is 6.52. The summed E-state index contributed by atoms with van der Waals surface area (Å²) in [5.74, 6) is -1.45. The fourth-order valence-electron chi connectivity index (χ4n) is 2.42. The molecule has 2 amide bonds. The third-order valence-electron chi connectivity index (χ3n) is 3.65. The van der Waals surface area contributed by atoms with Crippen LogP contribution in [0.25, 0.3) is 0 Å². The third kappa shape index (κ3) is 2.89. The Morgan fingerprint density at radius 1 is 1.30 bits per heavy atom. The molecule has 3 N–H and O–H groups in total. The van der Waals surface area contributed by atoms with Gasteiger partial charge in [-0.25, -0.2) is 14.0 Å². The Balaban J connectivity index is 2.04. The number of carboxylic acid groups (broad SMARTS) is 1. The zero-order chi connectivity index (χ0) is 14.8. The van der Waals surface area contributed by atoms with Crippen LogP contribution < -0.4 is 10.6 Å². The van der Waals surface area contributed by atoms with Gasteiger partial charge >= 0.3 is 12.0 Å². The molecule has 5 nitrogen and oxygen atoms in total. The second kappa shape index (κ2) is 5.48. The number of carbonyl (C=O) groups is 2. The Hall–Kier alpha value is -2.11. The lowest BCUT2D eigenvalue weighted by molar-refractivity contribution is -0.144. The summed E-state index contributed by atoms with van der Waals surface area (Å²) in [4.78, 5) is 23.2. The molecule has 0 aliphatic heterocycles. The van der Waals surface area contributed by atoms with E-state index in [0.29, 0.717) is 24.1 Å². The second-order valence-corrected chi connectivity index (χ2v) is 5.14. The number of hydrogen-bond donors (Lipinski definition) is 3. The molecular formula is C14H17FN2O3. The minimum atomic E-state index is -1.20. The molecule has 0 spiro atoms. The van der Waals surface area contributed by atoms with Gasteiger partial charge in [0.25, 0.3) is 0 Å². The molecule has 108 valence electrons. The van der Waals surface area contributed by atoms with Crippen LogP contribution in [0, 0.1) is 12.7 Å². The summed E-state index contributed by atoms with van der Waals surface area (Å²) in [6, 6.07) is 3.70. The summed E-state index contributed by atoms with van der Waals surface area (Å²) >= 11 is 0. The number of nitrogens with one attached hydrogen (secondary N) is 2. The fraction of sp³-hybridized carbons (Fsp3) is 0.429. The minimum absolute atomic E-state index is 0.295. The van der Waals surface area contributed by atoms with Crippen molar-refractivity contribution in [3.05, 3.63) is 29.6 Å². The first-order valence-corrected chi connectivity index (χ1v) is 6.52. The molecule has 0 radical (unpaired) electrons. The van der Waals surface area contributed by atoms with Gasteiger partial charge < -0.3 is 15.7 Å². The number of aliphatic carboxylic acids is 1. The van der Waals surface area contributed by atoms with Crippen molar-refractivity contribution < 1.29 is 19.1 Å². The number of urea groups is 1. The van der Waals surface area contributed by atoms with Crippen LogP contribution >= 0.6 is 0 Å². The minimum Gasteiger partial charge on any atom is -0.480 e. The van der Waals surface area contributed by atoms with E-state index >= 15 is 0 Å². The highest BCUT2D eigenvalue weighted by atomic mass is 19.1. The number of halogens is 1. The van der Waals surface area contributed by atoms with E-state index in [9.17, 15) is 19.1 Å². The van der Waals surface area contributed by atoms with Crippen molar-refractivity contribution in [3.63, 3.8) is 0 Å².